The SMILES string of the molecule is Cc1noc(C)c1N(C(=O)c1cnoc1C)S(=O)(=O)c1ccc(NC(=O)C(C#N)=C(O)c2cnoc2C)cc1. The van der Waals surface area contributed by atoms with Gasteiger partial charge in [0.05, 0.1) is 22.9 Å². The number of nitrogens with zero attached hydrogens (tertiary/aromatic N) is 5. The Balaban J connectivity index is 1.68. The number of nitrogens with one attached hydrogen (secondary N) is 1. The van der Waals surface area contributed by atoms with Crippen molar-refractivity contribution in [3.63, 3.8) is 0 Å². The Labute approximate surface area is 221 Å². The van der Waals surface area contributed by atoms with Crippen LogP contribution in [0.5, 0.6) is 0 Å². The number of carbonyl (C=O) groups excluding carboxylic acids is 2. The van der Waals surface area contributed by atoms with E-state index in [9.17, 15) is 28.4 Å². The molecule has 0 spiro atoms. The maximum absolute atomic E-state index is 13.7. The van der Waals surface area contributed by atoms with Gasteiger partial charge in [0.25, 0.3) is 21.8 Å². The third-order valence-electron chi connectivity index (χ3n) is 5.60. The second-order valence-electron chi connectivity index (χ2n) is 8.15. The lowest BCUT2D eigenvalue weighted by Crippen LogP contribution is -2.38. The summed E-state index contributed by atoms with van der Waals surface area (Å²) in [5, 5.41) is 33.0. The number of hydrogen-bond acceptors (Lipinski definition) is 12. The Morgan fingerprint density at radius 2 is 1.54 bits per heavy atom. The molecule has 2 amide bonds. The molecule has 0 saturated heterocycles. The first-order valence-electron chi connectivity index (χ1n) is 11.1. The summed E-state index contributed by atoms with van der Waals surface area (Å²) in [7, 11) is -4.54. The largest absolute Gasteiger partial charge is 0.506 e. The van der Waals surface area contributed by atoms with E-state index >= 15 is 0 Å². The molecule has 2 N–H and O–H groups in total. The van der Waals surface area contributed by atoms with Crippen LogP contribution < -0.4 is 9.62 Å². The van der Waals surface area contributed by atoms with Gasteiger partial charge < -0.3 is 24.0 Å². The standard InChI is InChI=1S/C24H20N6O8S/c1-12-21(15(4)38-29-12)30(24(33)20-11-27-37-14(20)3)39(34,35)17-7-5-16(6-8-17)28-23(32)18(9-25)22(31)19-10-26-36-13(19)2/h5-8,10-11,31H,1-4H3,(H,28,32). The number of rotatable bonds is 7. The highest BCUT2D eigenvalue weighted by atomic mass is 32.2. The van der Waals surface area contributed by atoms with E-state index in [0.29, 0.717) is 4.31 Å². The van der Waals surface area contributed by atoms with E-state index in [1.165, 1.54) is 39.8 Å². The number of aromatic nitrogens is 3. The maximum Gasteiger partial charge on any atom is 0.277 e. The summed E-state index contributed by atoms with van der Waals surface area (Å²) in [6.07, 6.45) is 2.26. The summed E-state index contributed by atoms with van der Waals surface area (Å²) in [5.41, 5.74) is -0.442. The van der Waals surface area contributed by atoms with Gasteiger partial charge >= 0.3 is 0 Å². The summed E-state index contributed by atoms with van der Waals surface area (Å²) in [5.74, 6) is -2.14. The number of hydrogen-bond donors (Lipinski definition) is 2. The first-order valence-corrected chi connectivity index (χ1v) is 12.5. The number of anilines is 2. The van der Waals surface area contributed by atoms with Crippen molar-refractivity contribution in [1.82, 2.24) is 15.5 Å². The van der Waals surface area contributed by atoms with Crippen molar-refractivity contribution in [2.75, 3.05) is 9.62 Å². The molecule has 0 atom stereocenters. The molecule has 4 aromatic rings. The molecule has 4 rings (SSSR count). The quantitative estimate of drug-likeness (QED) is 0.192. The average Bonchev–Trinajstić information content (AvgIpc) is 3.61. The van der Waals surface area contributed by atoms with E-state index in [4.69, 9.17) is 13.6 Å². The lowest BCUT2D eigenvalue weighted by atomic mass is 10.1. The molecule has 1 aromatic carbocycles. The molecule has 3 aromatic heterocycles. The molecule has 0 aliphatic carbocycles. The van der Waals surface area contributed by atoms with Gasteiger partial charge in [-0.1, -0.05) is 15.5 Å². The number of sulfonamides is 1. The van der Waals surface area contributed by atoms with Gasteiger partial charge in [-0.05, 0) is 52.0 Å². The number of benzene rings is 1. The van der Waals surface area contributed by atoms with Crippen LogP contribution in [-0.2, 0) is 14.8 Å². The second kappa shape index (κ2) is 10.3. The molecule has 15 heteroatoms. The summed E-state index contributed by atoms with van der Waals surface area (Å²) in [6, 6.07) is 6.44. The minimum atomic E-state index is -4.54. The van der Waals surface area contributed by atoms with Crippen molar-refractivity contribution < 1.29 is 36.7 Å². The highest BCUT2D eigenvalue weighted by molar-refractivity contribution is 7.93. The van der Waals surface area contributed by atoms with Gasteiger partial charge in [-0.25, -0.2) is 8.42 Å². The summed E-state index contributed by atoms with van der Waals surface area (Å²) < 4.78 is 42.9. The Morgan fingerprint density at radius 3 is 2.03 bits per heavy atom. The van der Waals surface area contributed by atoms with E-state index in [1.807, 2.05) is 0 Å². The van der Waals surface area contributed by atoms with Crippen molar-refractivity contribution in [2.24, 2.45) is 0 Å². The third-order valence-corrected chi connectivity index (χ3v) is 7.29. The Kier molecular flexibility index (Phi) is 7.06. The topological polar surface area (TPSA) is 206 Å². The first-order chi connectivity index (χ1) is 18.5. The lowest BCUT2D eigenvalue weighted by molar-refractivity contribution is -0.112. The molecular weight excluding hydrogens is 532 g/mol. The van der Waals surface area contributed by atoms with Gasteiger partial charge in [0.15, 0.2) is 17.1 Å². The monoisotopic (exact) mass is 552 g/mol. The smallest absolute Gasteiger partial charge is 0.277 e. The molecule has 0 bridgehead atoms. The van der Waals surface area contributed by atoms with Crippen molar-refractivity contribution in [3.8, 4) is 6.07 Å². The summed E-state index contributed by atoms with van der Waals surface area (Å²) >= 11 is 0. The van der Waals surface area contributed by atoms with Gasteiger partial charge in [-0.3, -0.25) is 9.59 Å². The number of aryl methyl sites for hydroxylation is 4. The molecule has 0 saturated carbocycles. The molecule has 3 heterocycles. The fraction of sp³-hybridized carbons (Fsp3) is 0.167. The minimum Gasteiger partial charge on any atom is -0.506 e. The van der Waals surface area contributed by atoms with Crippen molar-refractivity contribution in [3.05, 3.63) is 76.3 Å². The second-order valence-corrected chi connectivity index (χ2v) is 9.94. The van der Waals surface area contributed by atoms with Crippen LogP contribution in [0.1, 0.15) is 38.9 Å². The van der Waals surface area contributed by atoms with Crippen LogP contribution in [0.15, 0.2) is 60.7 Å². The van der Waals surface area contributed by atoms with E-state index in [2.05, 4.69) is 20.8 Å². The molecular formula is C24H20N6O8S. The van der Waals surface area contributed by atoms with Gasteiger partial charge in [0, 0.05) is 5.69 Å². The summed E-state index contributed by atoms with van der Waals surface area (Å²) in [4.78, 5) is 25.8. The number of aliphatic hydroxyl groups is 1. The van der Waals surface area contributed by atoms with Crippen LogP contribution in [0.2, 0.25) is 0 Å². The third kappa shape index (κ3) is 4.88. The zero-order valence-corrected chi connectivity index (χ0v) is 21.7. The van der Waals surface area contributed by atoms with Crippen LogP contribution in [0.25, 0.3) is 5.76 Å². The molecule has 0 aliphatic heterocycles. The maximum atomic E-state index is 13.7. The zero-order chi connectivity index (χ0) is 28.5. The average molecular weight is 553 g/mol. The van der Waals surface area contributed by atoms with E-state index in [-0.39, 0.29) is 50.4 Å². The molecule has 14 nitrogen and oxygen atoms in total. The molecule has 200 valence electrons. The van der Waals surface area contributed by atoms with Gasteiger partial charge in [0.1, 0.15) is 34.5 Å². The van der Waals surface area contributed by atoms with Gasteiger partial charge in [-0.2, -0.15) is 9.57 Å². The van der Waals surface area contributed by atoms with Crippen LogP contribution >= 0.6 is 0 Å². The van der Waals surface area contributed by atoms with Crippen molar-refractivity contribution in [1.29, 1.82) is 5.26 Å². The Hall–Kier alpha value is -5.23. The van der Waals surface area contributed by atoms with Gasteiger partial charge in [0.2, 0.25) is 0 Å². The van der Waals surface area contributed by atoms with Gasteiger partial charge in [-0.15, -0.1) is 0 Å². The predicted octanol–water partition coefficient (Wildman–Crippen LogP) is 3.35. The van der Waals surface area contributed by atoms with Crippen molar-refractivity contribution >= 4 is 39.0 Å². The lowest BCUT2D eigenvalue weighted by Gasteiger charge is -2.22. The highest BCUT2D eigenvalue weighted by Crippen LogP contribution is 2.32. The zero-order valence-electron chi connectivity index (χ0n) is 20.9. The van der Waals surface area contributed by atoms with Crippen LogP contribution in [0.4, 0.5) is 11.4 Å². The van der Waals surface area contributed by atoms with E-state index < -0.39 is 33.2 Å². The Morgan fingerprint density at radius 1 is 0.949 bits per heavy atom. The molecule has 39 heavy (non-hydrogen) atoms. The van der Waals surface area contributed by atoms with Crippen LogP contribution in [0.3, 0.4) is 0 Å². The molecule has 0 aliphatic rings. The number of nitriles is 1. The van der Waals surface area contributed by atoms with E-state index in [0.717, 1.165) is 24.5 Å². The fourth-order valence-corrected chi connectivity index (χ4v) is 5.10. The minimum absolute atomic E-state index is 0.0651. The molecule has 0 unspecified atom stereocenters. The van der Waals surface area contributed by atoms with Crippen LogP contribution in [-0.4, -0.2) is 40.8 Å². The number of aliphatic hydroxyl groups excluding tert-OH is 1. The van der Waals surface area contributed by atoms with Crippen molar-refractivity contribution in [2.45, 2.75) is 32.6 Å². The van der Waals surface area contributed by atoms with E-state index in [1.54, 1.807) is 6.07 Å². The first kappa shape index (κ1) is 26.8. The molecule has 0 radical (unpaired) electrons. The summed E-state index contributed by atoms with van der Waals surface area (Å²) in [6.45, 7) is 5.90. The normalized spacial score (nSPS) is 12.0. The fourth-order valence-electron chi connectivity index (χ4n) is 3.59. The number of carbonyl (C=O) groups is 2. The molecule has 0 fully saturated rings. The Bertz CT molecular complexity index is 1740. The highest BCUT2D eigenvalue weighted by Gasteiger charge is 2.37. The van der Waals surface area contributed by atoms with Crippen LogP contribution in [0, 0.1) is 39.0 Å². The predicted molar refractivity (Wildman–Crippen MR) is 133 cm³/mol. The number of amides is 2.